The van der Waals surface area contributed by atoms with Crippen LogP contribution in [0.2, 0.25) is 0 Å². The Labute approximate surface area is 105 Å². The first-order chi connectivity index (χ1) is 8.24. The van der Waals surface area contributed by atoms with Gasteiger partial charge in [0.05, 0.1) is 0 Å². The predicted molar refractivity (Wildman–Crippen MR) is 72.2 cm³/mol. The Morgan fingerprint density at radius 2 is 1.94 bits per heavy atom. The monoisotopic (exact) mass is 229 g/mol. The zero-order chi connectivity index (χ0) is 11.8. The molecule has 3 unspecified atom stereocenters. The molecule has 1 heteroatoms. The smallest absolute Gasteiger partial charge is 0.0325 e. The number of hydrogen-bond donors (Lipinski definition) is 1. The Morgan fingerprint density at radius 1 is 1.06 bits per heavy atom. The van der Waals surface area contributed by atoms with Crippen LogP contribution < -0.4 is 5.32 Å². The standard InChI is InChI=1S/C16H23N/c1-11-6-7-12(2)14(10-11)16-9-8-13-4-3-5-15(13)17-16/h6-7,10,13,15-17H,3-5,8-9H2,1-2H3. The normalized spacial score (nSPS) is 32.5. The predicted octanol–water partition coefficient (Wildman–Crippen LogP) is 3.90. The van der Waals surface area contributed by atoms with E-state index in [1.165, 1.54) is 48.8 Å². The van der Waals surface area contributed by atoms with Crippen molar-refractivity contribution in [3.8, 4) is 0 Å². The van der Waals surface area contributed by atoms with Gasteiger partial charge in [-0.25, -0.2) is 0 Å². The molecule has 1 saturated carbocycles. The third-order valence-corrected chi connectivity index (χ3v) is 4.71. The molecule has 2 aliphatic rings. The molecule has 92 valence electrons. The lowest BCUT2D eigenvalue weighted by Crippen LogP contribution is -2.40. The van der Waals surface area contributed by atoms with Gasteiger partial charge < -0.3 is 5.32 Å². The molecular weight excluding hydrogens is 206 g/mol. The Morgan fingerprint density at radius 3 is 2.82 bits per heavy atom. The molecule has 0 radical (unpaired) electrons. The summed E-state index contributed by atoms with van der Waals surface area (Å²) in [5.74, 6) is 0.969. The third kappa shape index (κ3) is 2.13. The summed E-state index contributed by atoms with van der Waals surface area (Å²) in [4.78, 5) is 0. The summed E-state index contributed by atoms with van der Waals surface area (Å²) in [6.45, 7) is 4.45. The van der Waals surface area contributed by atoms with Crippen LogP contribution in [0, 0.1) is 19.8 Å². The first-order valence-corrected chi connectivity index (χ1v) is 7.07. The van der Waals surface area contributed by atoms with E-state index in [0.29, 0.717) is 6.04 Å². The molecule has 1 N–H and O–H groups in total. The van der Waals surface area contributed by atoms with Gasteiger partial charge in [-0.1, -0.05) is 30.2 Å². The van der Waals surface area contributed by atoms with Crippen molar-refractivity contribution in [3.63, 3.8) is 0 Å². The van der Waals surface area contributed by atoms with Gasteiger partial charge in [0.1, 0.15) is 0 Å². The summed E-state index contributed by atoms with van der Waals surface area (Å²) in [6, 6.07) is 8.28. The Balaban J connectivity index is 1.82. The van der Waals surface area contributed by atoms with E-state index >= 15 is 0 Å². The molecule has 1 aromatic rings. The Hall–Kier alpha value is -0.820. The fourth-order valence-electron chi connectivity index (χ4n) is 3.70. The first-order valence-electron chi connectivity index (χ1n) is 7.07. The molecule has 0 aromatic heterocycles. The van der Waals surface area contributed by atoms with E-state index in [4.69, 9.17) is 0 Å². The molecule has 1 aliphatic heterocycles. The number of piperidine rings is 1. The van der Waals surface area contributed by atoms with Crippen molar-refractivity contribution in [2.45, 2.75) is 58.0 Å². The van der Waals surface area contributed by atoms with Gasteiger partial charge in [0.15, 0.2) is 0 Å². The lowest BCUT2D eigenvalue weighted by atomic mass is 9.85. The SMILES string of the molecule is Cc1ccc(C)c(C2CCC3CCCC3N2)c1. The van der Waals surface area contributed by atoms with Crippen LogP contribution in [0.3, 0.4) is 0 Å². The highest BCUT2D eigenvalue weighted by molar-refractivity contribution is 5.33. The van der Waals surface area contributed by atoms with Gasteiger partial charge in [0.2, 0.25) is 0 Å². The van der Waals surface area contributed by atoms with E-state index in [0.717, 1.165) is 12.0 Å². The van der Waals surface area contributed by atoms with Gasteiger partial charge in [-0.3, -0.25) is 0 Å². The second kappa shape index (κ2) is 4.45. The van der Waals surface area contributed by atoms with Crippen LogP contribution in [0.15, 0.2) is 18.2 Å². The van der Waals surface area contributed by atoms with E-state index in [9.17, 15) is 0 Å². The minimum absolute atomic E-state index is 0.606. The van der Waals surface area contributed by atoms with Crippen LogP contribution in [0.5, 0.6) is 0 Å². The van der Waals surface area contributed by atoms with Crippen molar-refractivity contribution in [1.82, 2.24) is 5.32 Å². The fourth-order valence-corrected chi connectivity index (χ4v) is 3.70. The number of benzene rings is 1. The van der Waals surface area contributed by atoms with E-state index in [1.807, 2.05) is 0 Å². The highest BCUT2D eigenvalue weighted by atomic mass is 15.0. The molecule has 1 nitrogen and oxygen atoms in total. The quantitative estimate of drug-likeness (QED) is 0.770. The van der Waals surface area contributed by atoms with Gasteiger partial charge in [0, 0.05) is 12.1 Å². The summed E-state index contributed by atoms with van der Waals surface area (Å²) in [6.07, 6.45) is 7.03. The molecular formula is C16H23N. The minimum atomic E-state index is 0.606. The molecule has 1 heterocycles. The highest BCUT2D eigenvalue weighted by Gasteiger charge is 2.33. The van der Waals surface area contributed by atoms with Gasteiger partial charge in [-0.15, -0.1) is 0 Å². The molecule has 0 bridgehead atoms. The van der Waals surface area contributed by atoms with Gasteiger partial charge >= 0.3 is 0 Å². The average molecular weight is 229 g/mol. The molecule has 1 saturated heterocycles. The lowest BCUT2D eigenvalue weighted by molar-refractivity contribution is 0.260. The van der Waals surface area contributed by atoms with Crippen LogP contribution in [-0.4, -0.2) is 6.04 Å². The van der Waals surface area contributed by atoms with Gasteiger partial charge in [0.25, 0.3) is 0 Å². The van der Waals surface area contributed by atoms with Crippen molar-refractivity contribution >= 4 is 0 Å². The number of aryl methyl sites for hydroxylation is 2. The van der Waals surface area contributed by atoms with Crippen LogP contribution >= 0.6 is 0 Å². The minimum Gasteiger partial charge on any atom is -0.307 e. The van der Waals surface area contributed by atoms with Crippen LogP contribution in [0.1, 0.15) is 54.8 Å². The maximum absolute atomic E-state index is 3.90. The van der Waals surface area contributed by atoms with Crippen molar-refractivity contribution in [2.24, 2.45) is 5.92 Å². The number of fused-ring (bicyclic) bond motifs is 1. The zero-order valence-corrected chi connectivity index (χ0v) is 11.0. The molecule has 2 fully saturated rings. The Kier molecular flexibility index (Phi) is 2.96. The maximum Gasteiger partial charge on any atom is 0.0325 e. The van der Waals surface area contributed by atoms with Crippen LogP contribution in [0.25, 0.3) is 0 Å². The van der Waals surface area contributed by atoms with Crippen molar-refractivity contribution in [3.05, 3.63) is 34.9 Å². The van der Waals surface area contributed by atoms with E-state index < -0.39 is 0 Å². The fraction of sp³-hybridized carbons (Fsp3) is 0.625. The molecule has 0 spiro atoms. The second-order valence-electron chi connectivity index (χ2n) is 5.95. The summed E-state index contributed by atoms with van der Waals surface area (Å²) >= 11 is 0. The topological polar surface area (TPSA) is 12.0 Å². The van der Waals surface area contributed by atoms with E-state index in [1.54, 1.807) is 0 Å². The summed E-state index contributed by atoms with van der Waals surface area (Å²) in [5.41, 5.74) is 4.38. The van der Waals surface area contributed by atoms with Gasteiger partial charge in [-0.05, 0) is 56.6 Å². The van der Waals surface area contributed by atoms with Crippen molar-refractivity contribution < 1.29 is 0 Å². The zero-order valence-electron chi connectivity index (χ0n) is 11.0. The third-order valence-electron chi connectivity index (χ3n) is 4.71. The molecule has 17 heavy (non-hydrogen) atoms. The van der Waals surface area contributed by atoms with Crippen LogP contribution in [0.4, 0.5) is 0 Å². The molecule has 0 amide bonds. The summed E-state index contributed by atoms with van der Waals surface area (Å²) in [7, 11) is 0. The summed E-state index contributed by atoms with van der Waals surface area (Å²) in [5, 5.41) is 3.90. The van der Waals surface area contributed by atoms with E-state index in [2.05, 4.69) is 37.4 Å². The largest absolute Gasteiger partial charge is 0.307 e. The van der Waals surface area contributed by atoms with Crippen molar-refractivity contribution in [2.75, 3.05) is 0 Å². The molecule has 3 rings (SSSR count). The second-order valence-corrected chi connectivity index (χ2v) is 5.95. The Bertz CT molecular complexity index is 410. The molecule has 1 aromatic carbocycles. The number of rotatable bonds is 1. The summed E-state index contributed by atoms with van der Waals surface area (Å²) < 4.78 is 0. The first kappa shape index (κ1) is 11.3. The van der Waals surface area contributed by atoms with Gasteiger partial charge in [-0.2, -0.15) is 0 Å². The van der Waals surface area contributed by atoms with Crippen LogP contribution in [-0.2, 0) is 0 Å². The number of hydrogen-bond acceptors (Lipinski definition) is 1. The average Bonchev–Trinajstić information content (AvgIpc) is 2.79. The lowest BCUT2D eigenvalue weighted by Gasteiger charge is -2.34. The highest BCUT2D eigenvalue weighted by Crippen LogP contribution is 2.38. The molecule has 1 aliphatic carbocycles. The maximum atomic E-state index is 3.90. The van der Waals surface area contributed by atoms with Crippen molar-refractivity contribution in [1.29, 1.82) is 0 Å². The van der Waals surface area contributed by atoms with E-state index in [-0.39, 0.29) is 0 Å². The number of nitrogens with one attached hydrogen (secondary N) is 1. The molecule has 3 atom stereocenters.